The molecular weight excluding hydrogens is 369 g/mol. The minimum Gasteiger partial charge on any atom is -0.493 e. The van der Waals surface area contributed by atoms with Gasteiger partial charge >= 0.3 is 6.18 Å². The smallest absolute Gasteiger partial charge is 0.390 e. The van der Waals surface area contributed by atoms with Crippen LogP contribution in [0.3, 0.4) is 0 Å². The van der Waals surface area contributed by atoms with Crippen LogP contribution in [0.4, 0.5) is 13.2 Å². The summed E-state index contributed by atoms with van der Waals surface area (Å²) < 4.78 is 50.9. The second kappa shape index (κ2) is 9.30. The van der Waals surface area contributed by atoms with Crippen molar-refractivity contribution in [1.82, 2.24) is 10.2 Å². The van der Waals surface area contributed by atoms with Crippen LogP contribution in [0.25, 0.3) is 0 Å². The third kappa shape index (κ3) is 5.62. The summed E-state index contributed by atoms with van der Waals surface area (Å²) in [6.45, 7) is 2.89. The van der Waals surface area contributed by atoms with E-state index in [0.29, 0.717) is 49.8 Å². The average Bonchev–Trinajstić information content (AvgIpc) is 2.71. The predicted molar refractivity (Wildman–Crippen MR) is 102 cm³/mol. The number of methoxy groups -OCH3 is 1. The molecule has 1 fully saturated rings. The van der Waals surface area contributed by atoms with Gasteiger partial charge in [-0.3, -0.25) is 4.90 Å². The van der Waals surface area contributed by atoms with Crippen LogP contribution in [-0.4, -0.2) is 44.4 Å². The van der Waals surface area contributed by atoms with E-state index in [9.17, 15) is 13.2 Å². The molecule has 1 aliphatic rings. The lowest BCUT2D eigenvalue weighted by Gasteiger charge is -2.35. The number of piperazine rings is 1. The van der Waals surface area contributed by atoms with Crippen molar-refractivity contribution in [1.29, 1.82) is 0 Å². The minimum atomic E-state index is -4.24. The summed E-state index contributed by atoms with van der Waals surface area (Å²) in [5.41, 5.74) is 1.59. The Labute approximate surface area is 163 Å². The lowest BCUT2D eigenvalue weighted by Crippen LogP contribution is -2.46. The Hall–Kier alpha value is -2.25. The van der Waals surface area contributed by atoms with E-state index in [-0.39, 0.29) is 0 Å². The summed E-state index contributed by atoms with van der Waals surface area (Å²) in [6, 6.07) is 14.0. The molecule has 2 aromatic rings. The van der Waals surface area contributed by atoms with Crippen molar-refractivity contribution in [2.45, 2.75) is 25.2 Å². The molecule has 152 valence electrons. The largest absolute Gasteiger partial charge is 0.493 e. The maximum absolute atomic E-state index is 13.2. The molecule has 0 amide bonds. The Bertz CT molecular complexity index is 747. The normalized spacial score (nSPS) is 16.6. The molecule has 0 unspecified atom stereocenters. The third-order valence-corrected chi connectivity index (χ3v) is 4.83. The highest BCUT2D eigenvalue weighted by Gasteiger charge is 2.36. The van der Waals surface area contributed by atoms with Gasteiger partial charge in [0.05, 0.1) is 13.5 Å². The van der Waals surface area contributed by atoms with E-state index >= 15 is 0 Å². The van der Waals surface area contributed by atoms with Gasteiger partial charge < -0.3 is 14.8 Å². The number of ether oxygens (including phenoxy) is 2. The molecule has 1 aliphatic heterocycles. The molecule has 1 saturated heterocycles. The highest BCUT2D eigenvalue weighted by atomic mass is 19.4. The van der Waals surface area contributed by atoms with E-state index in [1.165, 1.54) is 7.11 Å². The second-order valence-electron chi connectivity index (χ2n) is 6.81. The highest BCUT2D eigenvalue weighted by Crippen LogP contribution is 2.38. The molecule has 0 aromatic heterocycles. The van der Waals surface area contributed by atoms with Gasteiger partial charge in [-0.1, -0.05) is 36.4 Å². The maximum Gasteiger partial charge on any atom is 0.390 e. The first-order valence-electron chi connectivity index (χ1n) is 9.32. The van der Waals surface area contributed by atoms with E-state index in [4.69, 9.17) is 9.47 Å². The van der Waals surface area contributed by atoms with Crippen molar-refractivity contribution in [2.24, 2.45) is 0 Å². The summed E-state index contributed by atoms with van der Waals surface area (Å²) in [5.74, 6) is 0.955. The monoisotopic (exact) mass is 394 g/mol. The molecule has 0 saturated carbocycles. The van der Waals surface area contributed by atoms with Crippen LogP contribution in [0.1, 0.15) is 23.6 Å². The van der Waals surface area contributed by atoms with Gasteiger partial charge in [-0.05, 0) is 23.3 Å². The third-order valence-electron chi connectivity index (χ3n) is 4.83. The number of halogens is 3. The molecule has 0 radical (unpaired) electrons. The van der Waals surface area contributed by atoms with Crippen molar-refractivity contribution in [3.05, 3.63) is 59.7 Å². The quantitative estimate of drug-likeness (QED) is 0.764. The first kappa shape index (κ1) is 20.5. The molecule has 4 nitrogen and oxygen atoms in total. The van der Waals surface area contributed by atoms with Crippen molar-refractivity contribution in [3.63, 3.8) is 0 Å². The van der Waals surface area contributed by atoms with E-state index < -0.39 is 18.6 Å². The molecule has 1 heterocycles. The molecule has 7 heteroatoms. The van der Waals surface area contributed by atoms with Crippen LogP contribution in [-0.2, 0) is 6.61 Å². The Balaban J connectivity index is 1.80. The zero-order valence-corrected chi connectivity index (χ0v) is 15.8. The molecular formula is C21H25F3N2O2. The lowest BCUT2D eigenvalue weighted by atomic mass is 10.00. The summed E-state index contributed by atoms with van der Waals surface area (Å²) in [6.07, 6.45) is -5.13. The van der Waals surface area contributed by atoms with Gasteiger partial charge in [0.25, 0.3) is 0 Å². The van der Waals surface area contributed by atoms with Gasteiger partial charge in [-0.25, -0.2) is 0 Å². The van der Waals surface area contributed by atoms with Gasteiger partial charge in [0.2, 0.25) is 0 Å². The Morgan fingerprint density at radius 2 is 1.75 bits per heavy atom. The Morgan fingerprint density at radius 1 is 1.04 bits per heavy atom. The molecule has 1 N–H and O–H groups in total. The van der Waals surface area contributed by atoms with Crippen molar-refractivity contribution in [3.8, 4) is 11.5 Å². The molecule has 2 aromatic carbocycles. The van der Waals surface area contributed by atoms with Gasteiger partial charge in [-0.2, -0.15) is 13.2 Å². The zero-order chi connectivity index (χ0) is 20.0. The number of hydrogen-bond acceptors (Lipinski definition) is 4. The van der Waals surface area contributed by atoms with Crippen LogP contribution in [0.2, 0.25) is 0 Å². The summed E-state index contributed by atoms with van der Waals surface area (Å²) in [4.78, 5) is 1.88. The maximum atomic E-state index is 13.2. The van der Waals surface area contributed by atoms with E-state index in [2.05, 4.69) is 5.32 Å². The number of alkyl halides is 3. The standard InChI is InChI=1S/C21H25F3N2O2/c1-27-20-13-17(7-8-19(20)28-15-16-5-3-2-4-6-16)18(14-21(22,23)24)26-11-9-25-10-12-26/h2-8,13,18,25H,9-12,14-15H2,1H3/t18-/m1/s1. The Kier molecular flexibility index (Phi) is 6.80. The van der Waals surface area contributed by atoms with Gasteiger partial charge in [-0.15, -0.1) is 0 Å². The zero-order valence-electron chi connectivity index (χ0n) is 15.8. The van der Waals surface area contributed by atoms with Crippen molar-refractivity contribution >= 4 is 0 Å². The van der Waals surface area contributed by atoms with Crippen molar-refractivity contribution < 1.29 is 22.6 Å². The number of rotatable bonds is 7. The van der Waals surface area contributed by atoms with Crippen LogP contribution in [0, 0.1) is 0 Å². The SMILES string of the molecule is COc1cc([C@@H](CC(F)(F)F)N2CCNCC2)ccc1OCc1ccccc1. The molecule has 28 heavy (non-hydrogen) atoms. The average molecular weight is 394 g/mol. The fourth-order valence-electron chi connectivity index (χ4n) is 3.42. The topological polar surface area (TPSA) is 33.7 Å². The fraction of sp³-hybridized carbons (Fsp3) is 0.429. The summed E-state index contributed by atoms with van der Waals surface area (Å²) >= 11 is 0. The lowest BCUT2D eigenvalue weighted by molar-refractivity contribution is -0.148. The number of nitrogens with zero attached hydrogens (tertiary/aromatic N) is 1. The predicted octanol–water partition coefficient (Wildman–Crippen LogP) is 4.17. The second-order valence-corrected chi connectivity index (χ2v) is 6.81. The molecule has 0 aliphatic carbocycles. The van der Waals surface area contributed by atoms with Crippen LogP contribution in [0.5, 0.6) is 11.5 Å². The number of hydrogen-bond donors (Lipinski definition) is 1. The number of benzene rings is 2. The summed E-state index contributed by atoms with van der Waals surface area (Å²) in [5, 5.41) is 3.18. The Morgan fingerprint density at radius 3 is 2.39 bits per heavy atom. The van der Waals surface area contributed by atoms with Crippen LogP contribution in [0.15, 0.2) is 48.5 Å². The van der Waals surface area contributed by atoms with Gasteiger partial charge in [0.1, 0.15) is 6.61 Å². The first-order valence-corrected chi connectivity index (χ1v) is 9.32. The minimum absolute atomic E-state index is 0.361. The van der Waals surface area contributed by atoms with Crippen LogP contribution >= 0.6 is 0 Å². The van der Waals surface area contributed by atoms with Gasteiger partial charge in [0, 0.05) is 32.2 Å². The molecule has 1 atom stereocenters. The van der Waals surface area contributed by atoms with E-state index in [1.807, 2.05) is 35.2 Å². The van der Waals surface area contributed by atoms with Crippen molar-refractivity contribution in [2.75, 3.05) is 33.3 Å². The number of nitrogens with one attached hydrogen (secondary N) is 1. The van der Waals surface area contributed by atoms with Gasteiger partial charge in [0.15, 0.2) is 11.5 Å². The summed E-state index contributed by atoms with van der Waals surface area (Å²) in [7, 11) is 1.50. The first-order chi connectivity index (χ1) is 13.5. The van der Waals surface area contributed by atoms with E-state index in [1.54, 1.807) is 18.2 Å². The van der Waals surface area contributed by atoms with E-state index in [0.717, 1.165) is 5.56 Å². The van der Waals surface area contributed by atoms with Crippen LogP contribution < -0.4 is 14.8 Å². The fourth-order valence-corrected chi connectivity index (χ4v) is 3.42. The highest BCUT2D eigenvalue weighted by molar-refractivity contribution is 5.44. The molecule has 3 rings (SSSR count). The molecule has 0 spiro atoms. The molecule has 0 bridgehead atoms.